The number of nitrogens with two attached hydrogens (primary N) is 1. The summed E-state index contributed by atoms with van der Waals surface area (Å²) in [5.74, 6) is -1.35. The summed E-state index contributed by atoms with van der Waals surface area (Å²) in [6, 6.07) is -0.933. The fourth-order valence-corrected chi connectivity index (χ4v) is 3.87. The lowest BCUT2D eigenvalue weighted by Crippen LogP contribution is -2.41. The highest BCUT2D eigenvalue weighted by molar-refractivity contribution is 8.76. The Kier molecular flexibility index (Phi) is 28.3. The topological polar surface area (TPSA) is 194 Å². The first kappa shape index (κ1) is 35.6. The largest absolute Gasteiger partial charge is 0.480 e. The predicted molar refractivity (Wildman–Crippen MR) is 130 cm³/mol. The average molecular weight is 519 g/mol. The molecule has 0 rings (SSSR count). The van der Waals surface area contributed by atoms with Crippen LogP contribution in [0.5, 0.6) is 0 Å². The normalized spacial score (nSPS) is 10.2. The van der Waals surface area contributed by atoms with E-state index in [0.717, 1.165) is 7.11 Å². The summed E-state index contributed by atoms with van der Waals surface area (Å²) >= 11 is 0. The quantitative estimate of drug-likeness (QED) is 0.112. The molecule has 33 heavy (non-hydrogen) atoms. The Morgan fingerprint density at radius 3 is 1.97 bits per heavy atom. The van der Waals surface area contributed by atoms with Gasteiger partial charge in [-0.1, -0.05) is 21.6 Å². The molecule has 0 aliphatic rings. The summed E-state index contributed by atoms with van der Waals surface area (Å²) in [4.78, 5) is 54.4. The molecule has 1 unspecified atom stereocenters. The van der Waals surface area contributed by atoms with E-state index in [4.69, 9.17) is 15.9 Å². The molecule has 0 saturated heterocycles. The maximum atomic E-state index is 11.5. The molecule has 14 heteroatoms. The fourth-order valence-electron chi connectivity index (χ4n) is 1.73. The van der Waals surface area contributed by atoms with E-state index in [2.05, 4.69) is 20.1 Å². The van der Waals surface area contributed by atoms with Gasteiger partial charge in [0.25, 0.3) is 0 Å². The molecule has 0 spiro atoms. The third-order valence-electron chi connectivity index (χ3n) is 3.33. The molecule has 0 bridgehead atoms. The van der Waals surface area contributed by atoms with Crippen molar-refractivity contribution in [3.8, 4) is 0 Å². The minimum atomic E-state index is -1.09. The Morgan fingerprint density at radius 2 is 1.52 bits per heavy atom. The fraction of sp³-hybridized carbons (Fsp3) is 0.737. The van der Waals surface area contributed by atoms with E-state index in [0.29, 0.717) is 44.5 Å². The molecule has 0 radical (unpaired) electrons. The molecule has 2 amide bonds. The van der Waals surface area contributed by atoms with E-state index in [1.165, 1.54) is 42.7 Å². The van der Waals surface area contributed by atoms with Gasteiger partial charge < -0.3 is 36.1 Å². The molecule has 0 saturated carbocycles. The monoisotopic (exact) mass is 518 g/mol. The van der Waals surface area contributed by atoms with Gasteiger partial charge in [0.15, 0.2) is 0 Å². The number of amides is 2. The van der Waals surface area contributed by atoms with E-state index >= 15 is 0 Å². The van der Waals surface area contributed by atoms with Crippen LogP contribution < -0.4 is 16.4 Å². The zero-order valence-electron chi connectivity index (χ0n) is 19.6. The van der Waals surface area contributed by atoms with Gasteiger partial charge in [0.1, 0.15) is 6.04 Å². The molecular weight excluding hydrogens is 478 g/mol. The number of esters is 2. The van der Waals surface area contributed by atoms with Gasteiger partial charge in [-0.15, -0.1) is 0 Å². The van der Waals surface area contributed by atoms with Gasteiger partial charge in [0.05, 0.1) is 14.2 Å². The molecule has 0 fully saturated rings. The molecule has 12 nitrogen and oxygen atoms in total. The van der Waals surface area contributed by atoms with Crippen molar-refractivity contribution in [2.45, 2.75) is 45.1 Å². The lowest BCUT2D eigenvalue weighted by molar-refractivity contribution is -0.141. The Bertz CT molecular complexity index is 573. The van der Waals surface area contributed by atoms with Crippen molar-refractivity contribution in [1.82, 2.24) is 10.6 Å². The molecule has 196 valence electrons. The second-order valence-electron chi connectivity index (χ2n) is 5.95. The van der Waals surface area contributed by atoms with Crippen LogP contribution in [-0.2, 0) is 33.4 Å². The number of hydrogen-bond donors (Lipinski definition) is 5. The Hall–Kier alpha value is -2.03. The zero-order valence-corrected chi connectivity index (χ0v) is 21.2. The highest BCUT2D eigenvalue weighted by atomic mass is 33.1. The van der Waals surface area contributed by atoms with Crippen molar-refractivity contribution in [2.24, 2.45) is 5.73 Å². The molecule has 0 aliphatic carbocycles. The Balaban J connectivity index is -0.000000345. The first-order valence-electron chi connectivity index (χ1n) is 9.97. The van der Waals surface area contributed by atoms with Gasteiger partial charge in [0, 0.05) is 52.8 Å². The highest BCUT2D eigenvalue weighted by Crippen LogP contribution is 2.22. The van der Waals surface area contributed by atoms with Crippen molar-refractivity contribution in [2.75, 3.05) is 45.9 Å². The lowest BCUT2D eigenvalue weighted by atomic mass is 10.3. The van der Waals surface area contributed by atoms with E-state index in [1.807, 2.05) is 0 Å². The molecule has 1 atom stereocenters. The number of hydrogen-bond acceptors (Lipinski definition) is 11. The second-order valence-corrected chi connectivity index (χ2v) is 8.57. The minimum Gasteiger partial charge on any atom is -0.480 e. The van der Waals surface area contributed by atoms with Crippen molar-refractivity contribution < 1.29 is 45.1 Å². The number of rotatable bonds is 15. The van der Waals surface area contributed by atoms with Crippen LogP contribution in [0.1, 0.15) is 40.5 Å². The smallest absolute Gasteiger partial charge is 0.327 e. The molecule has 0 aromatic carbocycles. The minimum absolute atomic E-state index is 0. The molecule has 0 heterocycles. The summed E-state index contributed by atoms with van der Waals surface area (Å²) in [5, 5.41) is 20.9. The number of aliphatic hydroxyl groups excluding tert-OH is 1. The number of carbonyl (C=O) groups excluding carboxylic acids is 4. The number of carbonyl (C=O) groups is 5. The van der Waals surface area contributed by atoms with Crippen molar-refractivity contribution >= 4 is 51.3 Å². The maximum Gasteiger partial charge on any atom is 0.327 e. The van der Waals surface area contributed by atoms with Crippen LogP contribution in [0.25, 0.3) is 0 Å². The van der Waals surface area contributed by atoms with Gasteiger partial charge in [-0.2, -0.15) is 0 Å². The van der Waals surface area contributed by atoms with Crippen LogP contribution in [0.3, 0.4) is 0 Å². The van der Waals surface area contributed by atoms with Gasteiger partial charge in [-0.3, -0.25) is 19.2 Å². The molecule has 0 aromatic heterocycles. The molecule has 0 aliphatic heterocycles. The number of methoxy groups -OCH3 is 2. The third kappa shape index (κ3) is 27.9. The number of carboxylic acid groups (broad SMARTS) is 1. The van der Waals surface area contributed by atoms with Crippen LogP contribution in [0.2, 0.25) is 0 Å². The summed E-state index contributed by atoms with van der Waals surface area (Å²) in [5.41, 5.74) is 5.12. The molecular formula is C19H39N3O9S2. The number of carboxylic acids is 1. The summed E-state index contributed by atoms with van der Waals surface area (Å²) < 4.78 is 8.84. The standard InChI is InChI=1S/C13H22N2O6S2.C5H11NO2.CH4O.H2/c1-9(16)15-10(13(19)20)8-23-22-7-5-11(17)14-6-3-4-12(18)21-2;1-8-5(7)3-2-4-6;1-2;/h10H,3-8H2,1-2H3,(H,14,17)(H,15,16)(H,19,20);2-4,6H2,1H3;2H,1H3;1H/i;;;1+1. The van der Waals surface area contributed by atoms with E-state index in [-0.39, 0.29) is 31.4 Å². The van der Waals surface area contributed by atoms with Crippen LogP contribution in [0.4, 0.5) is 0 Å². The third-order valence-corrected chi connectivity index (χ3v) is 5.74. The average Bonchev–Trinajstić information content (AvgIpc) is 2.80. The highest BCUT2D eigenvalue weighted by Gasteiger charge is 2.18. The summed E-state index contributed by atoms with van der Waals surface area (Å²) in [6.45, 7) is 2.22. The maximum absolute atomic E-state index is 11.5. The van der Waals surface area contributed by atoms with Crippen molar-refractivity contribution in [3.05, 3.63) is 0 Å². The number of aliphatic hydroxyl groups is 1. The van der Waals surface area contributed by atoms with Crippen LogP contribution in [0.15, 0.2) is 0 Å². The van der Waals surface area contributed by atoms with E-state index in [1.54, 1.807) is 0 Å². The number of aliphatic carboxylic acids is 1. The molecule has 0 aromatic rings. The van der Waals surface area contributed by atoms with Crippen LogP contribution in [-0.4, -0.2) is 91.9 Å². The SMILES string of the molecule is CO.COC(=O)CCCN.COC(=O)CCCNC(=O)CCSSCC(NC(C)=O)C(=O)O.[2HH]. The summed E-state index contributed by atoms with van der Waals surface area (Å²) in [7, 11) is 6.35. The zero-order chi connectivity index (χ0) is 26.1. The Morgan fingerprint density at radius 1 is 0.970 bits per heavy atom. The number of ether oxygens (including phenoxy) is 2. The van der Waals surface area contributed by atoms with Gasteiger partial charge in [-0.25, -0.2) is 4.79 Å². The predicted octanol–water partition coefficient (Wildman–Crippen LogP) is 0.169. The van der Waals surface area contributed by atoms with Crippen LogP contribution in [0, 0.1) is 0 Å². The van der Waals surface area contributed by atoms with Gasteiger partial charge in [-0.05, 0) is 19.4 Å². The first-order chi connectivity index (χ1) is 15.7. The van der Waals surface area contributed by atoms with Gasteiger partial charge >= 0.3 is 17.9 Å². The van der Waals surface area contributed by atoms with E-state index < -0.39 is 17.9 Å². The number of nitrogens with one attached hydrogen (secondary N) is 2. The Labute approximate surface area is 204 Å². The molecule has 6 N–H and O–H groups in total. The van der Waals surface area contributed by atoms with Gasteiger partial charge in [0.2, 0.25) is 11.8 Å². The van der Waals surface area contributed by atoms with Crippen LogP contribution >= 0.6 is 21.6 Å². The van der Waals surface area contributed by atoms with Crippen molar-refractivity contribution in [3.63, 3.8) is 0 Å². The van der Waals surface area contributed by atoms with E-state index in [9.17, 15) is 24.0 Å². The van der Waals surface area contributed by atoms with Crippen molar-refractivity contribution in [1.29, 1.82) is 0 Å². The summed E-state index contributed by atoms with van der Waals surface area (Å²) in [6.07, 6.45) is 2.24. The lowest BCUT2D eigenvalue weighted by Gasteiger charge is -2.12. The second kappa shape index (κ2) is 26.2. The first-order valence-corrected chi connectivity index (χ1v) is 12.5.